The number of benzene rings is 2. The van der Waals surface area contributed by atoms with E-state index in [1.807, 2.05) is 0 Å². The summed E-state index contributed by atoms with van der Waals surface area (Å²) in [5.74, 6) is 0.251. The van der Waals surface area contributed by atoms with E-state index in [0.29, 0.717) is 35.5 Å². The first-order valence-electron chi connectivity index (χ1n) is 11.2. The molecule has 0 amide bonds. The van der Waals surface area contributed by atoms with E-state index in [4.69, 9.17) is 18.9 Å². The van der Waals surface area contributed by atoms with Gasteiger partial charge in [-0.1, -0.05) is 12.1 Å². The summed E-state index contributed by atoms with van der Waals surface area (Å²) >= 11 is 0. The molecule has 3 saturated carbocycles. The van der Waals surface area contributed by atoms with Crippen LogP contribution in [0.25, 0.3) is 0 Å². The number of carbonyl (C=O) groups excluding carboxylic acids is 3. The largest absolute Gasteiger partial charge is 0.497 e. The van der Waals surface area contributed by atoms with Crippen LogP contribution in [0.1, 0.15) is 40.0 Å². The minimum absolute atomic E-state index is 0.00381. The molecule has 2 aromatic rings. The summed E-state index contributed by atoms with van der Waals surface area (Å²) in [5, 5.41) is 0. The first-order valence-corrected chi connectivity index (χ1v) is 11.2. The molecule has 5 rings (SSSR count). The SMILES string of the molecule is COc1cccc(C(=O)OC2C3CC(C2OC(=O)c2cccc(OC)c2)C2C(=O)CCC32)c1. The average Bonchev–Trinajstić information content (AvgIpc) is 3.51. The van der Waals surface area contributed by atoms with E-state index in [2.05, 4.69) is 0 Å². The van der Waals surface area contributed by atoms with Crippen molar-refractivity contribution in [3.05, 3.63) is 59.7 Å². The number of esters is 2. The summed E-state index contributed by atoms with van der Waals surface area (Å²) in [6, 6.07) is 13.5. The van der Waals surface area contributed by atoms with E-state index >= 15 is 0 Å². The van der Waals surface area contributed by atoms with Crippen molar-refractivity contribution in [3.8, 4) is 11.5 Å². The Kier molecular flexibility index (Phi) is 5.56. The van der Waals surface area contributed by atoms with Gasteiger partial charge in [-0.2, -0.15) is 0 Å². The van der Waals surface area contributed by atoms with Crippen LogP contribution in [0.4, 0.5) is 0 Å². The summed E-state index contributed by atoms with van der Waals surface area (Å²) < 4.78 is 22.3. The van der Waals surface area contributed by atoms with Gasteiger partial charge in [0.15, 0.2) is 0 Å². The molecule has 3 fully saturated rings. The highest BCUT2D eigenvalue weighted by atomic mass is 16.6. The van der Waals surface area contributed by atoms with Crippen LogP contribution < -0.4 is 9.47 Å². The molecule has 2 bridgehead atoms. The van der Waals surface area contributed by atoms with E-state index in [1.165, 1.54) is 14.2 Å². The Bertz CT molecular complexity index is 1090. The fourth-order valence-electron chi connectivity index (χ4n) is 5.96. The number of ketones is 1. The summed E-state index contributed by atoms with van der Waals surface area (Å²) in [7, 11) is 3.06. The summed E-state index contributed by atoms with van der Waals surface area (Å²) in [6.07, 6.45) is 0.804. The Balaban J connectivity index is 1.40. The maximum absolute atomic E-state index is 13.0. The number of fused-ring (bicyclic) bond motifs is 5. The topological polar surface area (TPSA) is 88.1 Å². The monoisotopic (exact) mass is 450 g/mol. The van der Waals surface area contributed by atoms with Crippen LogP contribution in [0, 0.1) is 23.7 Å². The van der Waals surface area contributed by atoms with Crippen molar-refractivity contribution in [3.63, 3.8) is 0 Å². The third-order valence-corrected chi connectivity index (χ3v) is 7.38. The van der Waals surface area contributed by atoms with Crippen LogP contribution in [0.2, 0.25) is 0 Å². The molecule has 3 aliphatic carbocycles. The molecule has 7 nitrogen and oxygen atoms in total. The maximum atomic E-state index is 13.0. The van der Waals surface area contributed by atoms with E-state index in [1.54, 1.807) is 48.5 Å². The van der Waals surface area contributed by atoms with Gasteiger partial charge in [0, 0.05) is 24.2 Å². The van der Waals surface area contributed by atoms with Crippen molar-refractivity contribution < 1.29 is 33.3 Å². The normalized spacial score (nSPS) is 29.5. The quantitative estimate of drug-likeness (QED) is 0.620. The molecule has 33 heavy (non-hydrogen) atoms. The minimum atomic E-state index is -0.661. The summed E-state index contributed by atoms with van der Waals surface area (Å²) in [4.78, 5) is 38.5. The fourth-order valence-corrected chi connectivity index (χ4v) is 5.96. The maximum Gasteiger partial charge on any atom is 0.338 e. The Hall–Kier alpha value is -3.35. The lowest BCUT2D eigenvalue weighted by Crippen LogP contribution is -2.46. The highest BCUT2D eigenvalue weighted by Gasteiger charge is 2.64. The van der Waals surface area contributed by atoms with Gasteiger partial charge in [0.25, 0.3) is 0 Å². The second kappa shape index (κ2) is 8.54. The van der Waals surface area contributed by atoms with E-state index in [0.717, 1.165) is 6.42 Å². The van der Waals surface area contributed by atoms with Crippen molar-refractivity contribution in [1.82, 2.24) is 0 Å². The highest BCUT2D eigenvalue weighted by molar-refractivity contribution is 5.91. The van der Waals surface area contributed by atoms with E-state index in [-0.39, 0.29) is 29.5 Å². The number of ether oxygens (including phenoxy) is 4. The molecule has 2 aromatic carbocycles. The lowest BCUT2D eigenvalue weighted by Gasteiger charge is -2.36. The van der Waals surface area contributed by atoms with Crippen molar-refractivity contribution in [1.29, 1.82) is 0 Å². The van der Waals surface area contributed by atoms with Crippen LogP contribution in [0.3, 0.4) is 0 Å². The predicted molar refractivity (Wildman–Crippen MR) is 117 cm³/mol. The van der Waals surface area contributed by atoms with Crippen molar-refractivity contribution >= 4 is 17.7 Å². The van der Waals surface area contributed by atoms with Gasteiger partial charge >= 0.3 is 11.9 Å². The second-order valence-corrected chi connectivity index (χ2v) is 8.96. The van der Waals surface area contributed by atoms with Gasteiger partial charge in [0.2, 0.25) is 0 Å². The fraction of sp³-hybridized carbons (Fsp3) is 0.423. The number of rotatable bonds is 6. The molecule has 6 atom stereocenters. The van der Waals surface area contributed by atoms with Gasteiger partial charge in [0.05, 0.1) is 25.3 Å². The Morgan fingerprint density at radius 3 is 1.88 bits per heavy atom. The van der Waals surface area contributed by atoms with Gasteiger partial charge in [0.1, 0.15) is 29.5 Å². The Morgan fingerprint density at radius 1 is 0.788 bits per heavy atom. The van der Waals surface area contributed by atoms with Crippen LogP contribution >= 0.6 is 0 Å². The van der Waals surface area contributed by atoms with Gasteiger partial charge < -0.3 is 18.9 Å². The number of methoxy groups -OCH3 is 2. The van der Waals surface area contributed by atoms with Crippen molar-refractivity contribution in [2.24, 2.45) is 23.7 Å². The highest BCUT2D eigenvalue weighted by Crippen LogP contribution is 2.59. The standard InChI is InChI=1S/C26H26O7/c1-30-16-7-3-5-14(11-16)25(28)32-23-19-13-20(22-18(19)9-10-21(22)27)24(23)33-26(29)15-6-4-8-17(12-15)31-2/h3-8,11-12,18-20,22-24H,9-10,13H2,1-2H3. The third-order valence-electron chi connectivity index (χ3n) is 7.38. The lowest BCUT2D eigenvalue weighted by molar-refractivity contribution is -0.127. The third kappa shape index (κ3) is 3.75. The summed E-state index contributed by atoms with van der Waals surface area (Å²) in [5.41, 5.74) is 0.721. The molecular weight excluding hydrogens is 424 g/mol. The Labute approximate surface area is 192 Å². The molecule has 172 valence electrons. The van der Waals surface area contributed by atoms with E-state index < -0.39 is 24.1 Å². The number of hydrogen-bond acceptors (Lipinski definition) is 7. The smallest absolute Gasteiger partial charge is 0.338 e. The first kappa shape index (κ1) is 21.5. The van der Waals surface area contributed by atoms with Crippen LogP contribution in [0.5, 0.6) is 11.5 Å². The molecule has 7 heteroatoms. The van der Waals surface area contributed by atoms with Crippen LogP contribution in [0.15, 0.2) is 48.5 Å². The minimum Gasteiger partial charge on any atom is -0.497 e. The number of Topliss-reactive ketones (excluding diaryl/α,β-unsaturated/α-hetero) is 1. The van der Waals surface area contributed by atoms with Gasteiger partial charge in [-0.25, -0.2) is 9.59 Å². The lowest BCUT2D eigenvalue weighted by atomic mass is 9.78. The van der Waals surface area contributed by atoms with Crippen LogP contribution in [-0.2, 0) is 14.3 Å². The molecule has 0 spiro atoms. The molecule has 0 heterocycles. The molecule has 0 saturated heterocycles. The number of carbonyl (C=O) groups is 3. The molecular formula is C26H26O7. The molecule has 6 unspecified atom stereocenters. The molecule has 3 aliphatic rings. The second-order valence-electron chi connectivity index (χ2n) is 8.96. The average molecular weight is 450 g/mol. The molecule has 0 N–H and O–H groups in total. The van der Waals surface area contributed by atoms with E-state index in [9.17, 15) is 14.4 Å². The first-order chi connectivity index (χ1) is 16.0. The molecule has 0 aliphatic heterocycles. The molecule has 0 radical (unpaired) electrons. The van der Waals surface area contributed by atoms with Crippen molar-refractivity contribution in [2.45, 2.75) is 31.5 Å². The van der Waals surface area contributed by atoms with Gasteiger partial charge in [-0.3, -0.25) is 4.79 Å². The van der Waals surface area contributed by atoms with Gasteiger partial charge in [-0.05, 0) is 55.2 Å². The van der Waals surface area contributed by atoms with Gasteiger partial charge in [-0.15, -0.1) is 0 Å². The van der Waals surface area contributed by atoms with Crippen molar-refractivity contribution in [2.75, 3.05) is 14.2 Å². The molecule has 0 aromatic heterocycles. The number of hydrogen-bond donors (Lipinski definition) is 0. The zero-order valence-electron chi connectivity index (χ0n) is 18.6. The van der Waals surface area contributed by atoms with Crippen LogP contribution in [-0.4, -0.2) is 44.1 Å². The summed E-state index contributed by atoms with van der Waals surface area (Å²) in [6.45, 7) is 0. The zero-order chi connectivity index (χ0) is 23.1. The predicted octanol–water partition coefficient (Wildman–Crippen LogP) is 3.70. The Morgan fingerprint density at radius 2 is 1.33 bits per heavy atom. The zero-order valence-corrected chi connectivity index (χ0v) is 18.6.